The van der Waals surface area contributed by atoms with Gasteiger partial charge >= 0.3 is 0 Å². The molecule has 4 heteroatoms. The molecule has 0 aliphatic heterocycles. The summed E-state index contributed by atoms with van der Waals surface area (Å²) in [6.07, 6.45) is 0.798. The van der Waals surface area contributed by atoms with E-state index in [9.17, 15) is 9.18 Å². The number of benzene rings is 2. The molecule has 2 nitrogen and oxygen atoms in total. The summed E-state index contributed by atoms with van der Waals surface area (Å²) >= 11 is 5.63. The Morgan fingerprint density at radius 2 is 1.95 bits per heavy atom. The fourth-order valence-electron chi connectivity index (χ4n) is 2.10. The van der Waals surface area contributed by atoms with E-state index in [-0.39, 0.29) is 17.2 Å². The molecule has 0 unspecified atom stereocenters. The fourth-order valence-corrected chi connectivity index (χ4v) is 2.21. The normalized spacial score (nSPS) is 10.6. The third kappa shape index (κ3) is 3.44. The first-order valence-corrected chi connectivity index (χ1v) is 6.74. The number of carbonyl (C=O) groups excluding carboxylic acids is 1. The lowest BCUT2D eigenvalue weighted by atomic mass is 9.97. The molecule has 0 heterocycles. The molecule has 0 saturated heterocycles. The lowest BCUT2D eigenvalue weighted by Gasteiger charge is -2.08. The van der Waals surface area contributed by atoms with Gasteiger partial charge in [-0.1, -0.05) is 41.9 Å². The summed E-state index contributed by atoms with van der Waals surface area (Å²) in [4.78, 5) is 12.3. The van der Waals surface area contributed by atoms with Crippen molar-refractivity contribution in [3.63, 3.8) is 0 Å². The Morgan fingerprint density at radius 1 is 1.20 bits per heavy atom. The number of hydrogen-bond donors (Lipinski definition) is 1. The zero-order valence-corrected chi connectivity index (χ0v) is 11.7. The highest BCUT2D eigenvalue weighted by molar-refractivity contribution is 6.30. The third-order valence-electron chi connectivity index (χ3n) is 3.08. The Morgan fingerprint density at radius 3 is 2.65 bits per heavy atom. The van der Waals surface area contributed by atoms with Crippen molar-refractivity contribution in [2.24, 2.45) is 5.73 Å². The van der Waals surface area contributed by atoms with E-state index in [1.807, 2.05) is 18.2 Å². The van der Waals surface area contributed by atoms with Gasteiger partial charge in [-0.3, -0.25) is 4.79 Å². The van der Waals surface area contributed by atoms with Gasteiger partial charge in [-0.15, -0.1) is 0 Å². The van der Waals surface area contributed by atoms with Gasteiger partial charge in [0.15, 0.2) is 5.78 Å². The molecule has 2 aromatic rings. The number of carbonyl (C=O) groups is 1. The first-order chi connectivity index (χ1) is 9.61. The van der Waals surface area contributed by atoms with Crippen molar-refractivity contribution in [2.75, 3.05) is 6.54 Å². The summed E-state index contributed by atoms with van der Waals surface area (Å²) in [7, 11) is 0. The van der Waals surface area contributed by atoms with E-state index in [1.54, 1.807) is 12.1 Å². The lowest BCUT2D eigenvalue weighted by molar-refractivity contribution is 0.0992. The van der Waals surface area contributed by atoms with Crippen molar-refractivity contribution in [1.82, 2.24) is 0 Å². The Bertz CT molecular complexity index is 628. The van der Waals surface area contributed by atoms with Gasteiger partial charge < -0.3 is 5.73 Å². The van der Waals surface area contributed by atoms with E-state index in [4.69, 9.17) is 17.3 Å². The van der Waals surface area contributed by atoms with Crippen LogP contribution in [0, 0.1) is 5.82 Å². The van der Waals surface area contributed by atoms with Crippen molar-refractivity contribution >= 4 is 17.4 Å². The summed E-state index contributed by atoms with van der Waals surface area (Å²) in [5.74, 6) is -0.553. The van der Waals surface area contributed by atoms with Gasteiger partial charge in [-0.05, 0) is 36.2 Å². The van der Waals surface area contributed by atoms with E-state index < -0.39 is 5.82 Å². The molecule has 0 fully saturated rings. The van der Waals surface area contributed by atoms with Crippen molar-refractivity contribution in [3.8, 4) is 0 Å². The average molecular weight is 292 g/mol. The average Bonchev–Trinajstić information content (AvgIpc) is 2.44. The van der Waals surface area contributed by atoms with Crippen LogP contribution in [0.1, 0.15) is 21.5 Å². The number of Topliss-reactive ketones (excluding diaryl/α,β-unsaturated/α-hetero) is 1. The van der Waals surface area contributed by atoms with Crippen molar-refractivity contribution in [1.29, 1.82) is 0 Å². The van der Waals surface area contributed by atoms with Crippen LogP contribution in [-0.4, -0.2) is 12.3 Å². The SMILES string of the molecule is NCCc1ccccc1C(=O)Cc1ccc(Cl)c(F)c1. The van der Waals surface area contributed by atoms with Gasteiger partial charge in [-0.25, -0.2) is 4.39 Å². The third-order valence-corrected chi connectivity index (χ3v) is 3.39. The van der Waals surface area contributed by atoms with Gasteiger partial charge in [0, 0.05) is 12.0 Å². The quantitative estimate of drug-likeness (QED) is 0.858. The van der Waals surface area contributed by atoms with Gasteiger partial charge in [0.1, 0.15) is 5.82 Å². The van der Waals surface area contributed by atoms with Crippen molar-refractivity contribution in [3.05, 3.63) is 70.0 Å². The second-order valence-electron chi connectivity index (χ2n) is 4.54. The summed E-state index contributed by atoms with van der Waals surface area (Å²) < 4.78 is 13.4. The first-order valence-electron chi connectivity index (χ1n) is 6.37. The summed E-state index contributed by atoms with van der Waals surface area (Å²) in [6, 6.07) is 11.8. The molecule has 0 radical (unpaired) electrons. The van der Waals surface area contributed by atoms with Crippen LogP contribution < -0.4 is 5.73 Å². The molecule has 0 saturated carbocycles. The molecule has 0 atom stereocenters. The number of nitrogens with two attached hydrogens (primary N) is 1. The second-order valence-corrected chi connectivity index (χ2v) is 4.95. The molecule has 2 aromatic carbocycles. The van der Waals surface area contributed by atoms with Crippen molar-refractivity contribution in [2.45, 2.75) is 12.8 Å². The lowest BCUT2D eigenvalue weighted by Crippen LogP contribution is -2.11. The molecule has 0 aliphatic carbocycles. The van der Waals surface area contributed by atoms with Crippen LogP contribution in [0.15, 0.2) is 42.5 Å². The van der Waals surface area contributed by atoms with Crippen LogP contribution >= 0.6 is 11.6 Å². The predicted molar refractivity (Wildman–Crippen MR) is 78.6 cm³/mol. The summed E-state index contributed by atoms with van der Waals surface area (Å²) in [6.45, 7) is 0.486. The molecule has 0 bridgehead atoms. The molecule has 0 spiro atoms. The highest BCUT2D eigenvalue weighted by Gasteiger charge is 2.12. The van der Waals surface area contributed by atoms with Crippen LogP contribution in [0.25, 0.3) is 0 Å². The first kappa shape index (κ1) is 14.7. The fraction of sp³-hybridized carbons (Fsp3) is 0.188. The standard InChI is InChI=1S/C16H15ClFNO/c17-14-6-5-11(9-15(14)18)10-16(20)13-4-2-1-3-12(13)7-8-19/h1-6,9H,7-8,10,19H2. The Balaban J connectivity index is 2.21. The predicted octanol–water partition coefficient (Wildman–Crippen LogP) is 3.41. The minimum absolute atomic E-state index is 0.0456. The number of hydrogen-bond acceptors (Lipinski definition) is 2. The minimum atomic E-state index is -0.507. The van der Waals surface area contributed by atoms with Crippen LogP contribution in [0.5, 0.6) is 0 Å². The monoisotopic (exact) mass is 291 g/mol. The van der Waals surface area contributed by atoms with E-state index in [1.165, 1.54) is 12.1 Å². The Kier molecular flexibility index (Phi) is 4.88. The smallest absolute Gasteiger partial charge is 0.167 e. The zero-order valence-electron chi connectivity index (χ0n) is 10.9. The zero-order chi connectivity index (χ0) is 14.5. The maximum Gasteiger partial charge on any atom is 0.167 e. The highest BCUT2D eigenvalue weighted by Crippen LogP contribution is 2.18. The maximum absolute atomic E-state index is 13.4. The van der Waals surface area contributed by atoms with Crippen molar-refractivity contribution < 1.29 is 9.18 Å². The summed E-state index contributed by atoms with van der Waals surface area (Å²) in [5, 5.41) is 0.0599. The van der Waals surface area contributed by atoms with Crippen LogP contribution in [0.2, 0.25) is 5.02 Å². The molecule has 0 aromatic heterocycles. The van der Waals surface area contributed by atoms with Gasteiger partial charge in [0.05, 0.1) is 5.02 Å². The topological polar surface area (TPSA) is 43.1 Å². The van der Waals surface area contributed by atoms with E-state index in [2.05, 4.69) is 0 Å². The highest BCUT2D eigenvalue weighted by atomic mass is 35.5. The molecule has 0 aliphatic rings. The number of ketones is 1. The Labute approximate surface area is 122 Å². The maximum atomic E-state index is 13.4. The molecular weight excluding hydrogens is 277 g/mol. The van der Waals surface area contributed by atoms with Gasteiger partial charge in [0.2, 0.25) is 0 Å². The Hall–Kier alpha value is -1.71. The number of rotatable bonds is 5. The van der Waals surface area contributed by atoms with E-state index in [0.29, 0.717) is 24.1 Å². The molecule has 2 rings (SSSR count). The molecule has 2 N–H and O–H groups in total. The van der Waals surface area contributed by atoms with Crippen LogP contribution in [0.4, 0.5) is 4.39 Å². The number of halogens is 2. The summed E-state index contributed by atoms with van der Waals surface area (Å²) in [5.41, 5.74) is 7.73. The van der Waals surface area contributed by atoms with Gasteiger partial charge in [-0.2, -0.15) is 0 Å². The minimum Gasteiger partial charge on any atom is -0.330 e. The molecular formula is C16H15ClFNO. The largest absolute Gasteiger partial charge is 0.330 e. The second kappa shape index (κ2) is 6.64. The van der Waals surface area contributed by atoms with Crippen LogP contribution in [0.3, 0.4) is 0 Å². The van der Waals surface area contributed by atoms with Gasteiger partial charge in [0.25, 0.3) is 0 Å². The van der Waals surface area contributed by atoms with E-state index in [0.717, 1.165) is 5.56 Å². The van der Waals surface area contributed by atoms with E-state index >= 15 is 0 Å². The van der Waals surface area contributed by atoms with Crippen LogP contribution in [-0.2, 0) is 12.8 Å². The molecule has 0 amide bonds. The molecule has 104 valence electrons. The molecule has 20 heavy (non-hydrogen) atoms.